The van der Waals surface area contributed by atoms with Crippen LogP contribution in [0.4, 0.5) is 5.69 Å². The maximum absolute atomic E-state index is 12.7. The number of nitrogens with one attached hydrogen (secondary N) is 2. The van der Waals surface area contributed by atoms with Crippen molar-refractivity contribution in [3.05, 3.63) is 29.3 Å². The van der Waals surface area contributed by atoms with Crippen molar-refractivity contribution in [2.24, 2.45) is 5.92 Å². The lowest BCUT2D eigenvalue weighted by atomic mass is 9.86. The number of carbonyl (C=O) groups excluding carboxylic acids is 1. The van der Waals surface area contributed by atoms with Crippen LogP contribution in [-0.4, -0.2) is 44.2 Å². The first-order valence-corrected chi connectivity index (χ1v) is 10.1. The molecule has 0 bridgehead atoms. The fraction of sp³-hybridized carbons (Fsp3) is 0.650. The van der Waals surface area contributed by atoms with E-state index in [1.165, 1.54) is 24.2 Å². The lowest BCUT2D eigenvalue weighted by Gasteiger charge is -2.37. The van der Waals surface area contributed by atoms with Gasteiger partial charge in [-0.2, -0.15) is 0 Å². The highest BCUT2D eigenvalue weighted by Gasteiger charge is 2.32. The third kappa shape index (κ3) is 4.48. The van der Waals surface area contributed by atoms with E-state index < -0.39 is 0 Å². The van der Waals surface area contributed by atoms with Gasteiger partial charge in [0.15, 0.2) is 6.04 Å². The molecule has 1 aliphatic heterocycles. The third-order valence-electron chi connectivity index (χ3n) is 6.04. The largest absolute Gasteiger partial charge is 0.359 e. The second-order valence-corrected chi connectivity index (χ2v) is 8.10. The molecule has 2 aliphatic rings. The van der Waals surface area contributed by atoms with E-state index in [0.717, 1.165) is 43.3 Å². The molecule has 4 nitrogen and oxygen atoms in total. The fourth-order valence-corrected chi connectivity index (χ4v) is 4.46. The quantitative estimate of drug-likeness (QED) is 0.858. The number of halogens is 1. The summed E-state index contributed by atoms with van der Waals surface area (Å²) in [6.07, 6.45) is 4.92. The van der Waals surface area contributed by atoms with E-state index in [0.29, 0.717) is 12.0 Å². The molecule has 2 fully saturated rings. The smallest absolute Gasteiger partial charge is 0.278 e. The molecule has 25 heavy (non-hydrogen) atoms. The van der Waals surface area contributed by atoms with Crippen LogP contribution < -0.4 is 15.1 Å². The van der Waals surface area contributed by atoms with Crippen molar-refractivity contribution in [1.29, 1.82) is 0 Å². The van der Waals surface area contributed by atoms with Gasteiger partial charge in [-0.3, -0.25) is 4.79 Å². The number of para-hydroxylation sites is 1. The molecule has 1 aliphatic carbocycles. The Bertz CT molecular complexity index is 586. The van der Waals surface area contributed by atoms with Crippen LogP contribution in [0.5, 0.6) is 0 Å². The molecular formula is C20H31ClN3O+. The number of anilines is 1. The standard InChI is InChI=1S/C20H30ClN3O/c1-15-7-3-5-9-18(15)22-20(25)16(2)23-11-13-24(14-12-23)19-10-6-4-8-17(19)21/h4,6,8,10,15-16,18H,3,5,7,9,11-14H2,1-2H3,(H,22,25)/p+1/t15-,16+,18-/m0/s1. The highest BCUT2D eigenvalue weighted by Crippen LogP contribution is 2.25. The van der Waals surface area contributed by atoms with Gasteiger partial charge in [-0.15, -0.1) is 0 Å². The van der Waals surface area contributed by atoms with Gasteiger partial charge in [-0.25, -0.2) is 0 Å². The number of carbonyl (C=O) groups is 1. The molecule has 1 aromatic carbocycles. The van der Waals surface area contributed by atoms with Crippen LogP contribution in [0.1, 0.15) is 39.5 Å². The van der Waals surface area contributed by atoms with Crippen molar-refractivity contribution < 1.29 is 9.69 Å². The molecule has 1 aromatic rings. The van der Waals surface area contributed by atoms with Crippen molar-refractivity contribution in [3.8, 4) is 0 Å². The van der Waals surface area contributed by atoms with Crippen molar-refractivity contribution in [1.82, 2.24) is 5.32 Å². The maximum atomic E-state index is 12.7. The topological polar surface area (TPSA) is 36.8 Å². The van der Waals surface area contributed by atoms with Gasteiger partial charge >= 0.3 is 0 Å². The predicted molar refractivity (Wildman–Crippen MR) is 103 cm³/mol. The molecule has 0 radical (unpaired) electrons. The monoisotopic (exact) mass is 364 g/mol. The number of nitrogens with zero attached hydrogens (tertiary/aromatic N) is 1. The molecule has 1 saturated heterocycles. The minimum Gasteiger partial charge on any atom is -0.359 e. The summed E-state index contributed by atoms with van der Waals surface area (Å²) in [7, 11) is 0. The molecule has 2 N–H and O–H groups in total. The average Bonchev–Trinajstić information content (AvgIpc) is 2.63. The molecule has 0 aromatic heterocycles. The average molecular weight is 365 g/mol. The maximum Gasteiger partial charge on any atom is 0.278 e. The van der Waals surface area contributed by atoms with Crippen molar-refractivity contribution in [3.63, 3.8) is 0 Å². The van der Waals surface area contributed by atoms with Crippen LogP contribution in [0.2, 0.25) is 5.02 Å². The van der Waals surface area contributed by atoms with E-state index in [1.54, 1.807) is 0 Å². The summed E-state index contributed by atoms with van der Waals surface area (Å²) in [5, 5.41) is 4.13. The molecule has 1 amide bonds. The molecule has 138 valence electrons. The van der Waals surface area contributed by atoms with Gasteiger partial charge in [0.1, 0.15) is 0 Å². The lowest BCUT2D eigenvalue weighted by molar-refractivity contribution is -0.914. The SMILES string of the molecule is C[C@H](C(=O)N[C@H]1CCCC[C@@H]1C)[NH+]1CCN(c2ccccc2Cl)CC1. The van der Waals surface area contributed by atoms with Crippen LogP contribution >= 0.6 is 11.6 Å². The Morgan fingerprint density at radius 1 is 1.24 bits per heavy atom. The van der Waals surface area contributed by atoms with E-state index in [9.17, 15) is 4.79 Å². The zero-order chi connectivity index (χ0) is 17.8. The van der Waals surface area contributed by atoms with Crippen LogP contribution in [0.25, 0.3) is 0 Å². The summed E-state index contributed by atoms with van der Waals surface area (Å²) in [6.45, 7) is 8.17. The molecule has 0 spiro atoms. The summed E-state index contributed by atoms with van der Waals surface area (Å²) in [6, 6.07) is 8.40. The Balaban J connectivity index is 1.51. The number of hydrogen-bond donors (Lipinski definition) is 2. The zero-order valence-corrected chi connectivity index (χ0v) is 16.2. The molecule has 0 unspecified atom stereocenters. The predicted octanol–water partition coefficient (Wildman–Crippen LogP) is 2.13. The number of quaternary nitrogens is 1. The first-order chi connectivity index (χ1) is 12.1. The van der Waals surface area contributed by atoms with Gasteiger partial charge in [-0.1, -0.05) is 43.5 Å². The normalized spacial score (nSPS) is 26.3. The van der Waals surface area contributed by atoms with Crippen molar-refractivity contribution in [2.45, 2.75) is 51.6 Å². The van der Waals surface area contributed by atoms with Crippen molar-refractivity contribution in [2.75, 3.05) is 31.1 Å². The Morgan fingerprint density at radius 3 is 2.60 bits per heavy atom. The minimum absolute atomic E-state index is 0.0162. The number of rotatable bonds is 4. The van der Waals surface area contributed by atoms with Gasteiger partial charge in [0.25, 0.3) is 5.91 Å². The van der Waals surface area contributed by atoms with Gasteiger partial charge in [0, 0.05) is 6.04 Å². The first-order valence-electron chi connectivity index (χ1n) is 9.70. The number of benzene rings is 1. The fourth-order valence-electron chi connectivity index (χ4n) is 4.20. The second kappa shape index (κ2) is 8.41. The van der Waals surface area contributed by atoms with E-state index in [4.69, 9.17) is 11.6 Å². The summed E-state index contributed by atoms with van der Waals surface area (Å²) in [5.74, 6) is 0.830. The molecule has 1 saturated carbocycles. The summed E-state index contributed by atoms with van der Waals surface area (Å²) < 4.78 is 0. The number of piperazine rings is 1. The van der Waals surface area contributed by atoms with Gasteiger partial charge < -0.3 is 15.1 Å². The third-order valence-corrected chi connectivity index (χ3v) is 6.36. The van der Waals surface area contributed by atoms with Gasteiger partial charge in [0.05, 0.1) is 36.9 Å². The minimum atomic E-state index is 0.0162. The highest BCUT2D eigenvalue weighted by molar-refractivity contribution is 6.33. The van der Waals surface area contributed by atoms with Crippen LogP contribution in [-0.2, 0) is 4.79 Å². The van der Waals surface area contributed by atoms with E-state index in [-0.39, 0.29) is 11.9 Å². The lowest BCUT2D eigenvalue weighted by Crippen LogP contribution is -3.19. The van der Waals surface area contributed by atoms with Crippen LogP contribution in [0.15, 0.2) is 24.3 Å². The van der Waals surface area contributed by atoms with Crippen LogP contribution in [0, 0.1) is 5.92 Å². The zero-order valence-electron chi connectivity index (χ0n) is 15.4. The summed E-state index contributed by atoms with van der Waals surface area (Å²) in [4.78, 5) is 16.4. The first kappa shape index (κ1) is 18.5. The van der Waals surface area contributed by atoms with Gasteiger partial charge in [0.2, 0.25) is 0 Å². The Morgan fingerprint density at radius 2 is 1.92 bits per heavy atom. The molecule has 1 heterocycles. The van der Waals surface area contributed by atoms with E-state index in [2.05, 4.69) is 30.1 Å². The molecule has 3 rings (SSSR count). The molecule has 3 atom stereocenters. The number of amides is 1. The molecule has 5 heteroatoms. The molecular weight excluding hydrogens is 334 g/mol. The second-order valence-electron chi connectivity index (χ2n) is 7.70. The van der Waals surface area contributed by atoms with E-state index >= 15 is 0 Å². The number of hydrogen-bond acceptors (Lipinski definition) is 2. The van der Waals surface area contributed by atoms with Crippen molar-refractivity contribution >= 4 is 23.2 Å². The Hall–Kier alpha value is -1.26. The Kier molecular flexibility index (Phi) is 6.24. The highest BCUT2D eigenvalue weighted by atomic mass is 35.5. The van der Waals surface area contributed by atoms with E-state index in [1.807, 2.05) is 18.2 Å². The summed E-state index contributed by atoms with van der Waals surface area (Å²) >= 11 is 6.32. The summed E-state index contributed by atoms with van der Waals surface area (Å²) in [5.41, 5.74) is 1.11. The van der Waals surface area contributed by atoms with Crippen LogP contribution in [0.3, 0.4) is 0 Å². The van der Waals surface area contributed by atoms with Gasteiger partial charge in [-0.05, 0) is 37.8 Å². The Labute approximate surface area is 156 Å².